The molecule has 8 nitrogen and oxygen atoms in total. The average Bonchev–Trinajstić information content (AvgIpc) is 3.29. The molecule has 0 saturated carbocycles. The summed E-state index contributed by atoms with van der Waals surface area (Å²) in [5.41, 5.74) is 5.63. The largest absolute Gasteiger partial charge is 0.322 e. The highest BCUT2D eigenvalue weighted by atomic mass is 32.1. The van der Waals surface area contributed by atoms with Crippen molar-refractivity contribution in [1.29, 1.82) is 0 Å². The van der Waals surface area contributed by atoms with Crippen LogP contribution in [0, 0.1) is 6.92 Å². The number of nitrogens with one attached hydrogen (secondary N) is 2. The van der Waals surface area contributed by atoms with Crippen LogP contribution in [0.5, 0.6) is 0 Å². The molecule has 0 saturated heterocycles. The van der Waals surface area contributed by atoms with Crippen molar-refractivity contribution in [3.05, 3.63) is 112 Å². The molecular weight excluding hydrogens is 510 g/mol. The van der Waals surface area contributed by atoms with E-state index in [4.69, 9.17) is 0 Å². The van der Waals surface area contributed by atoms with E-state index in [1.54, 1.807) is 49.5 Å². The zero-order valence-corrected chi connectivity index (χ0v) is 22.2. The summed E-state index contributed by atoms with van der Waals surface area (Å²) in [6.45, 7) is 3.31. The number of ketones is 1. The van der Waals surface area contributed by atoms with Crippen LogP contribution in [-0.2, 0) is 17.6 Å². The number of Topliss-reactive ketones (excluding diaryl/α,β-unsaturated/α-hetero) is 1. The van der Waals surface area contributed by atoms with Gasteiger partial charge >= 0.3 is 0 Å². The summed E-state index contributed by atoms with van der Waals surface area (Å²) >= 11 is 1.26. The Morgan fingerprint density at radius 1 is 0.872 bits per heavy atom. The highest BCUT2D eigenvalue weighted by Gasteiger charge is 2.20. The first-order valence-electron chi connectivity index (χ1n) is 12.3. The lowest BCUT2D eigenvalue weighted by molar-refractivity contribution is -0.116. The lowest BCUT2D eigenvalue weighted by atomic mass is 10.1. The number of para-hydroxylation sites is 3. The third kappa shape index (κ3) is 6.05. The maximum Gasteiger partial charge on any atom is 0.258 e. The van der Waals surface area contributed by atoms with Crippen LogP contribution in [0.15, 0.2) is 79.0 Å². The van der Waals surface area contributed by atoms with Crippen molar-refractivity contribution in [1.82, 2.24) is 14.3 Å². The van der Waals surface area contributed by atoms with Crippen LogP contribution >= 0.6 is 11.5 Å². The number of rotatable bonds is 8. The molecule has 5 rings (SSSR count). The molecule has 0 aliphatic carbocycles. The van der Waals surface area contributed by atoms with E-state index in [2.05, 4.69) is 25.0 Å². The molecular formula is C30H25N5O3S. The van der Waals surface area contributed by atoms with Gasteiger partial charge in [-0.1, -0.05) is 36.4 Å². The van der Waals surface area contributed by atoms with Crippen LogP contribution in [-0.4, -0.2) is 31.9 Å². The van der Waals surface area contributed by atoms with Gasteiger partial charge in [-0.3, -0.25) is 19.4 Å². The van der Waals surface area contributed by atoms with Gasteiger partial charge in [-0.25, -0.2) is 4.98 Å². The second-order valence-electron chi connectivity index (χ2n) is 9.12. The van der Waals surface area contributed by atoms with E-state index in [-0.39, 0.29) is 24.0 Å². The second-order valence-corrected chi connectivity index (χ2v) is 9.98. The van der Waals surface area contributed by atoms with E-state index in [1.165, 1.54) is 18.5 Å². The van der Waals surface area contributed by atoms with Crippen molar-refractivity contribution < 1.29 is 14.4 Å². The second kappa shape index (κ2) is 11.3. The quantitative estimate of drug-likeness (QED) is 0.267. The smallest absolute Gasteiger partial charge is 0.258 e. The summed E-state index contributed by atoms with van der Waals surface area (Å²) in [6.07, 6.45) is 2.37. The first-order chi connectivity index (χ1) is 18.9. The number of aryl methyl sites for hydroxylation is 1. The summed E-state index contributed by atoms with van der Waals surface area (Å²) in [4.78, 5) is 47.8. The summed E-state index contributed by atoms with van der Waals surface area (Å²) < 4.78 is 4.40. The van der Waals surface area contributed by atoms with E-state index in [1.807, 2.05) is 36.4 Å². The Balaban J connectivity index is 1.32. The summed E-state index contributed by atoms with van der Waals surface area (Å²) in [7, 11) is 0. The minimum atomic E-state index is -0.342. The summed E-state index contributed by atoms with van der Waals surface area (Å²) in [5.74, 6) is -0.646. The third-order valence-electron chi connectivity index (χ3n) is 6.09. The van der Waals surface area contributed by atoms with Crippen molar-refractivity contribution in [3.63, 3.8) is 0 Å². The van der Waals surface area contributed by atoms with Gasteiger partial charge in [0.15, 0.2) is 0 Å². The number of carbonyl (C=O) groups is 3. The average molecular weight is 536 g/mol. The zero-order chi connectivity index (χ0) is 27.4. The van der Waals surface area contributed by atoms with Crippen molar-refractivity contribution in [2.75, 3.05) is 10.6 Å². The van der Waals surface area contributed by atoms with Crippen LogP contribution in [0.1, 0.15) is 49.5 Å². The van der Waals surface area contributed by atoms with E-state index >= 15 is 0 Å². The van der Waals surface area contributed by atoms with Crippen LogP contribution in [0.2, 0.25) is 0 Å². The Morgan fingerprint density at radius 2 is 1.64 bits per heavy atom. The Bertz CT molecular complexity index is 1710. The molecule has 0 radical (unpaired) electrons. The Morgan fingerprint density at radius 3 is 2.46 bits per heavy atom. The Hall–Kier alpha value is -4.76. The maximum atomic E-state index is 13.3. The van der Waals surface area contributed by atoms with E-state index in [0.717, 1.165) is 27.2 Å². The molecule has 2 aromatic heterocycles. The summed E-state index contributed by atoms with van der Waals surface area (Å²) in [6, 6.07) is 21.5. The standard InChI is InChI=1S/C30H25N5O3S/c1-18(36)14-20-8-3-4-11-24(20)34-29(37)21-9-7-10-22(15-21)33-30(38)28-19(2)35-39-27(28)16-23-17-31-25-12-5-6-13-26(25)32-23/h3-13,15,17H,14,16H2,1-2H3,(H,33,38)(H,34,37). The molecule has 0 unspecified atom stereocenters. The fourth-order valence-electron chi connectivity index (χ4n) is 4.26. The monoisotopic (exact) mass is 535 g/mol. The number of aromatic nitrogens is 3. The van der Waals surface area contributed by atoms with Crippen molar-refractivity contribution >= 4 is 51.5 Å². The lowest BCUT2D eigenvalue weighted by Gasteiger charge is -2.11. The molecule has 9 heteroatoms. The van der Waals surface area contributed by atoms with Gasteiger partial charge in [0.05, 0.1) is 28.0 Å². The SMILES string of the molecule is CC(=O)Cc1ccccc1NC(=O)c1cccc(NC(=O)c2c(C)nsc2Cc2cnc3ccccc3n2)c1. The number of nitrogens with zero attached hydrogens (tertiary/aromatic N) is 3. The van der Waals surface area contributed by atoms with Crippen molar-refractivity contribution in [3.8, 4) is 0 Å². The number of carbonyl (C=O) groups excluding carboxylic acids is 3. The van der Waals surface area contributed by atoms with Gasteiger partial charge in [0.2, 0.25) is 0 Å². The minimum Gasteiger partial charge on any atom is -0.322 e. The predicted octanol–water partition coefficient (Wildman–Crippen LogP) is 5.62. The Labute approximate surface area is 229 Å². The molecule has 0 spiro atoms. The molecule has 0 fully saturated rings. The number of fused-ring (bicyclic) bond motifs is 1. The van der Waals surface area contributed by atoms with E-state index in [9.17, 15) is 14.4 Å². The topological polar surface area (TPSA) is 114 Å². The molecule has 5 aromatic rings. The highest BCUT2D eigenvalue weighted by Crippen LogP contribution is 2.24. The predicted molar refractivity (Wildman–Crippen MR) is 152 cm³/mol. The number of hydrogen-bond acceptors (Lipinski definition) is 7. The molecule has 39 heavy (non-hydrogen) atoms. The van der Waals surface area contributed by atoms with Gasteiger partial charge < -0.3 is 10.6 Å². The number of anilines is 2. The molecule has 2 N–H and O–H groups in total. The van der Waals surface area contributed by atoms with Crippen molar-refractivity contribution in [2.45, 2.75) is 26.7 Å². The van der Waals surface area contributed by atoms with Gasteiger partial charge in [-0.2, -0.15) is 4.37 Å². The highest BCUT2D eigenvalue weighted by molar-refractivity contribution is 7.06. The zero-order valence-electron chi connectivity index (χ0n) is 21.4. The van der Waals surface area contributed by atoms with Crippen LogP contribution in [0.4, 0.5) is 11.4 Å². The maximum absolute atomic E-state index is 13.3. The van der Waals surface area contributed by atoms with Crippen molar-refractivity contribution in [2.24, 2.45) is 0 Å². The molecule has 2 heterocycles. The first kappa shape index (κ1) is 25.9. The Kier molecular flexibility index (Phi) is 7.51. The lowest BCUT2D eigenvalue weighted by Crippen LogP contribution is -2.17. The summed E-state index contributed by atoms with van der Waals surface area (Å²) in [5, 5.41) is 5.78. The normalized spacial score (nSPS) is 10.8. The number of benzene rings is 3. The third-order valence-corrected chi connectivity index (χ3v) is 7.02. The van der Waals surface area contributed by atoms with Gasteiger partial charge in [-0.15, -0.1) is 0 Å². The minimum absolute atomic E-state index is 0.00616. The molecule has 2 amide bonds. The van der Waals surface area contributed by atoms with E-state index < -0.39 is 0 Å². The van der Waals surface area contributed by atoms with Gasteiger partial charge in [0.25, 0.3) is 11.8 Å². The van der Waals surface area contributed by atoms with E-state index in [0.29, 0.717) is 34.6 Å². The van der Waals surface area contributed by atoms with Gasteiger partial charge in [0, 0.05) is 40.9 Å². The molecule has 194 valence electrons. The number of hydrogen-bond donors (Lipinski definition) is 2. The molecule has 0 aliphatic heterocycles. The fraction of sp³-hybridized carbons (Fsp3) is 0.133. The molecule has 0 bridgehead atoms. The molecule has 0 aliphatic rings. The first-order valence-corrected chi connectivity index (χ1v) is 13.1. The van der Waals surface area contributed by atoms with Crippen LogP contribution in [0.25, 0.3) is 11.0 Å². The van der Waals surface area contributed by atoms with Crippen LogP contribution in [0.3, 0.4) is 0 Å². The number of amides is 2. The molecule has 0 atom stereocenters. The van der Waals surface area contributed by atoms with Crippen LogP contribution < -0.4 is 10.6 Å². The van der Waals surface area contributed by atoms with Gasteiger partial charge in [0.1, 0.15) is 5.78 Å². The van der Waals surface area contributed by atoms with Gasteiger partial charge in [-0.05, 0) is 67.3 Å². The fourth-order valence-corrected chi connectivity index (χ4v) is 5.15. The molecule has 3 aromatic carbocycles.